The molecule has 28 heavy (non-hydrogen) atoms. The van der Waals surface area contributed by atoms with Crippen LogP contribution in [0.4, 0.5) is 13.2 Å². The van der Waals surface area contributed by atoms with Gasteiger partial charge in [-0.2, -0.15) is 13.2 Å². The molecule has 0 atom stereocenters. The molecular formula is C17H28F3IN4O2S. The van der Waals surface area contributed by atoms with Crippen molar-refractivity contribution in [2.24, 2.45) is 4.99 Å². The highest BCUT2D eigenvalue weighted by Gasteiger charge is 2.33. The van der Waals surface area contributed by atoms with E-state index in [4.69, 9.17) is 4.74 Å². The summed E-state index contributed by atoms with van der Waals surface area (Å²) in [7, 11) is 1.60. The quantitative estimate of drug-likeness (QED) is 0.145. The van der Waals surface area contributed by atoms with Crippen LogP contribution in [0.25, 0.3) is 0 Å². The molecule has 0 spiro atoms. The molecule has 1 rings (SSSR count). The molecule has 2 N–H and O–H groups in total. The molecule has 162 valence electrons. The first-order chi connectivity index (χ1) is 12.9. The molecule has 0 unspecified atom stereocenters. The molecule has 0 aromatic carbocycles. The van der Waals surface area contributed by atoms with Crippen LogP contribution in [0.3, 0.4) is 0 Å². The molecule has 1 aromatic heterocycles. The van der Waals surface area contributed by atoms with Crippen molar-refractivity contribution in [2.45, 2.75) is 58.2 Å². The Bertz CT molecular complexity index is 597. The molecule has 0 fully saturated rings. The van der Waals surface area contributed by atoms with E-state index < -0.39 is 11.9 Å². The number of alkyl halides is 3. The van der Waals surface area contributed by atoms with Gasteiger partial charge in [0.25, 0.3) is 0 Å². The van der Waals surface area contributed by atoms with Crippen LogP contribution < -0.4 is 10.6 Å². The smallest absolute Gasteiger partial charge is 0.434 e. The first kappa shape index (κ1) is 26.9. The molecule has 0 saturated carbocycles. The standard InChI is InChI=1S/C17H27F3N4O2S.HI/c1-3-26-15(25)9-7-5-4-6-8-10-22-16(21-2)23-11-14-24-13(12-27-14)17(18,19)20;/h12H,3-11H2,1-2H3,(H2,21,22,23);1H. The van der Waals surface area contributed by atoms with Crippen LogP contribution in [0.15, 0.2) is 10.4 Å². The number of nitrogens with one attached hydrogen (secondary N) is 2. The van der Waals surface area contributed by atoms with E-state index in [1.54, 1.807) is 14.0 Å². The Labute approximate surface area is 184 Å². The lowest BCUT2D eigenvalue weighted by atomic mass is 10.1. The molecule has 0 saturated heterocycles. The maximum atomic E-state index is 12.5. The van der Waals surface area contributed by atoms with Crippen molar-refractivity contribution < 1.29 is 22.7 Å². The number of aliphatic imine (C=N–C) groups is 1. The average molecular weight is 536 g/mol. The zero-order valence-electron chi connectivity index (χ0n) is 16.1. The van der Waals surface area contributed by atoms with Crippen molar-refractivity contribution >= 4 is 47.2 Å². The van der Waals surface area contributed by atoms with Gasteiger partial charge in [0.15, 0.2) is 11.7 Å². The molecular weight excluding hydrogens is 508 g/mol. The third-order valence-electron chi connectivity index (χ3n) is 3.63. The largest absolute Gasteiger partial charge is 0.466 e. The summed E-state index contributed by atoms with van der Waals surface area (Å²) in [5, 5.41) is 7.44. The predicted molar refractivity (Wildman–Crippen MR) is 115 cm³/mol. The van der Waals surface area contributed by atoms with Gasteiger partial charge >= 0.3 is 12.1 Å². The second-order valence-corrected chi connectivity index (χ2v) is 6.74. The number of carbonyl (C=O) groups excluding carboxylic acids is 1. The van der Waals surface area contributed by atoms with Gasteiger partial charge in [0.05, 0.1) is 13.2 Å². The lowest BCUT2D eigenvalue weighted by molar-refractivity contribution is -0.143. The maximum absolute atomic E-state index is 12.5. The third-order valence-corrected chi connectivity index (χ3v) is 4.48. The molecule has 1 heterocycles. The van der Waals surface area contributed by atoms with E-state index in [1.165, 1.54) is 0 Å². The molecule has 1 aromatic rings. The number of rotatable bonds is 11. The van der Waals surface area contributed by atoms with Gasteiger partial charge in [0, 0.05) is 25.4 Å². The Morgan fingerprint density at radius 3 is 2.50 bits per heavy atom. The van der Waals surface area contributed by atoms with Crippen molar-refractivity contribution in [1.82, 2.24) is 15.6 Å². The van der Waals surface area contributed by atoms with Gasteiger partial charge in [-0.3, -0.25) is 9.79 Å². The number of esters is 1. The molecule has 0 aliphatic carbocycles. The summed E-state index contributed by atoms with van der Waals surface area (Å²) in [5.41, 5.74) is -0.866. The minimum absolute atomic E-state index is 0. The van der Waals surface area contributed by atoms with Crippen molar-refractivity contribution in [3.05, 3.63) is 16.1 Å². The topological polar surface area (TPSA) is 75.6 Å². The fraction of sp³-hybridized carbons (Fsp3) is 0.706. The third kappa shape index (κ3) is 11.7. The van der Waals surface area contributed by atoms with Crippen LogP contribution in [0.5, 0.6) is 0 Å². The number of halogens is 4. The lowest BCUT2D eigenvalue weighted by Crippen LogP contribution is -2.37. The number of thiazole rings is 1. The van der Waals surface area contributed by atoms with Crippen LogP contribution in [-0.2, 0) is 22.3 Å². The molecule has 6 nitrogen and oxygen atoms in total. The summed E-state index contributed by atoms with van der Waals surface area (Å²) in [6.45, 7) is 3.12. The van der Waals surface area contributed by atoms with Crippen molar-refractivity contribution in [1.29, 1.82) is 0 Å². The zero-order chi connectivity index (χ0) is 20.1. The number of hydrogen-bond acceptors (Lipinski definition) is 5. The van der Waals surface area contributed by atoms with E-state index in [0.29, 0.717) is 30.5 Å². The Morgan fingerprint density at radius 1 is 1.21 bits per heavy atom. The number of ether oxygens (including phenoxy) is 1. The molecule has 0 aliphatic rings. The number of carbonyl (C=O) groups is 1. The van der Waals surface area contributed by atoms with Gasteiger partial charge in [0.2, 0.25) is 0 Å². The van der Waals surface area contributed by atoms with Crippen LogP contribution in [0.1, 0.15) is 56.2 Å². The average Bonchev–Trinajstić information content (AvgIpc) is 3.09. The SMILES string of the molecule is CCOC(=O)CCCCCCCNC(=NC)NCc1nc(C(F)(F)F)cs1.I. The predicted octanol–water partition coefficient (Wildman–Crippen LogP) is 4.35. The Morgan fingerprint density at radius 2 is 1.89 bits per heavy atom. The number of nitrogens with zero attached hydrogens (tertiary/aromatic N) is 2. The van der Waals surface area contributed by atoms with E-state index in [0.717, 1.165) is 48.8 Å². The normalized spacial score (nSPS) is 11.7. The number of guanidine groups is 1. The Hall–Kier alpha value is -1.11. The fourth-order valence-corrected chi connectivity index (χ4v) is 3.01. The van der Waals surface area contributed by atoms with Crippen molar-refractivity contribution in [3.63, 3.8) is 0 Å². The van der Waals surface area contributed by atoms with Crippen LogP contribution >= 0.6 is 35.3 Å². The highest BCUT2D eigenvalue weighted by atomic mass is 127. The molecule has 0 aliphatic heterocycles. The maximum Gasteiger partial charge on any atom is 0.434 e. The number of unbranched alkanes of at least 4 members (excludes halogenated alkanes) is 4. The van der Waals surface area contributed by atoms with Crippen molar-refractivity contribution in [3.8, 4) is 0 Å². The zero-order valence-corrected chi connectivity index (χ0v) is 19.2. The summed E-state index contributed by atoms with van der Waals surface area (Å²) in [6, 6.07) is 0. The van der Waals surface area contributed by atoms with Gasteiger partial charge in [-0.15, -0.1) is 35.3 Å². The van der Waals surface area contributed by atoms with Gasteiger partial charge in [0.1, 0.15) is 5.01 Å². The molecule has 0 amide bonds. The van der Waals surface area contributed by atoms with Gasteiger partial charge in [-0.1, -0.05) is 19.3 Å². The highest BCUT2D eigenvalue weighted by molar-refractivity contribution is 14.0. The minimum atomic E-state index is -4.41. The second kappa shape index (κ2) is 14.8. The van der Waals surface area contributed by atoms with Crippen LogP contribution in [0, 0.1) is 0 Å². The van der Waals surface area contributed by atoms with E-state index in [1.807, 2.05) is 0 Å². The first-order valence-electron chi connectivity index (χ1n) is 8.98. The minimum Gasteiger partial charge on any atom is -0.466 e. The summed E-state index contributed by atoms with van der Waals surface area (Å²) < 4.78 is 42.4. The lowest BCUT2D eigenvalue weighted by Gasteiger charge is -2.10. The van der Waals surface area contributed by atoms with E-state index in [9.17, 15) is 18.0 Å². The van der Waals surface area contributed by atoms with E-state index in [-0.39, 0.29) is 36.5 Å². The number of aromatic nitrogens is 1. The second-order valence-electron chi connectivity index (χ2n) is 5.80. The first-order valence-corrected chi connectivity index (χ1v) is 9.86. The Kier molecular flexibility index (Phi) is 14.2. The summed E-state index contributed by atoms with van der Waals surface area (Å²) in [5.74, 6) is 0.387. The number of hydrogen-bond donors (Lipinski definition) is 2. The van der Waals surface area contributed by atoms with Gasteiger partial charge < -0.3 is 15.4 Å². The van der Waals surface area contributed by atoms with Gasteiger partial charge in [-0.05, 0) is 19.8 Å². The Balaban J connectivity index is 0.00000729. The van der Waals surface area contributed by atoms with Gasteiger partial charge in [-0.25, -0.2) is 4.98 Å². The van der Waals surface area contributed by atoms with Crippen molar-refractivity contribution in [2.75, 3.05) is 20.2 Å². The molecule has 0 bridgehead atoms. The highest BCUT2D eigenvalue weighted by Crippen LogP contribution is 2.29. The van der Waals surface area contributed by atoms with Crippen LogP contribution in [-0.4, -0.2) is 37.1 Å². The summed E-state index contributed by atoms with van der Waals surface area (Å²) in [6.07, 6.45) is 0.872. The molecule has 0 radical (unpaired) electrons. The van der Waals surface area contributed by atoms with Crippen LogP contribution in [0.2, 0.25) is 0 Å². The summed E-state index contributed by atoms with van der Waals surface area (Å²) in [4.78, 5) is 18.8. The summed E-state index contributed by atoms with van der Waals surface area (Å²) >= 11 is 0.964. The molecule has 11 heteroatoms. The van der Waals surface area contributed by atoms with E-state index in [2.05, 4.69) is 20.6 Å². The van der Waals surface area contributed by atoms with E-state index >= 15 is 0 Å². The monoisotopic (exact) mass is 536 g/mol. The fourth-order valence-electron chi connectivity index (χ4n) is 2.27.